The van der Waals surface area contributed by atoms with Gasteiger partial charge in [-0.3, -0.25) is 9.59 Å². The van der Waals surface area contributed by atoms with Gasteiger partial charge in [-0.15, -0.1) is 0 Å². The number of pyridine rings is 1. The van der Waals surface area contributed by atoms with Gasteiger partial charge in [0.2, 0.25) is 0 Å². The van der Waals surface area contributed by atoms with Gasteiger partial charge in [0.15, 0.2) is 0 Å². The highest BCUT2D eigenvalue weighted by molar-refractivity contribution is 5.96. The van der Waals surface area contributed by atoms with E-state index in [1.807, 2.05) is 13.8 Å². The van der Waals surface area contributed by atoms with Crippen molar-refractivity contribution in [1.82, 2.24) is 15.2 Å². The van der Waals surface area contributed by atoms with Gasteiger partial charge in [0.1, 0.15) is 11.4 Å². The molecule has 2 amide bonds. The van der Waals surface area contributed by atoms with E-state index in [2.05, 4.69) is 10.3 Å². The third-order valence-electron chi connectivity index (χ3n) is 3.29. The van der Waals surface area contributed by atoms with E-state index in [1.54, 1.807) is 30.2 Å². The maximum atomic E-state index is 12.5. The van der Waals surface area contributed by atoms with Crippen molar-refractivity contribution in [1.29, 1.82) is 0 Å². The predicted molar refractivity (Wildman–Crippen MR) is 89.5 cm³/mol. The number of methoxy groups -OCH3 is 1. The van der Waals surface area contributed by atoms with Gasteiger partial charge in [-0.2, -0.15) is 0 Å². The maximum Gasteiger partial charge on any atom is 0.272 e. The zero-order valence-corrected chi connectivity index (χ0v) is 14.3. The smallest absolute Gasteiger partial charge is 0.272 e. The highest BCUT2D eigenvalue weighted by Crippen LogP contribution is 2.06. The van der Waals surface area contributed by atoms with Crippen LogP contribution in [0.3, 0.4) is 0 Å². The molecular formula is C17H27N3O3. The van der Waals surface area contributed by atoms with E-state index in [4.69, 9.17) is 4.74 Å². The highest BCUT2D eigenvalue weighted by atomic mass is 16.5. The van der Waals surface area contributed by atoms with Crippen LogP contribution in [0.2, 0.25) is 0 Å². The molecule has 0 fully saturated rings. The number of aromatic nitrogens is 1. The van der Waals surface area contributed by atoms with Gasteiger partial charge in [0.25, 0.3) is 11.8 Å². The fraction of sp³-hybridized carbons (Fsp3) is 0.588. The average molecular weight is 321 g/mol. The molecule has 1 aromatic rings. The zero-order chi connectivity index (χ0) is 17.1. The SMILES string of the molecule is CCCN(CCC)C(=O)c1cccc(C(=O)NCCCOC)n1. The lowest BCUT2D eigenvalue weighted by Gasteiger charge is -2.21. The van der Waals surface area contributed by atoms with Gasteiger partial charge in [-0.05, 0) is 31.4 Å². The average Bonchev–Trinajstić information content (AvgIpc) is 2.58. The van der Waals surface area contributed by atoms with Gasteiger partial charge in [0, 0.05) is 33.4 Å². The molecule has 23 heavy (non-hydrogen) atoms. The molecule has 0 aromatic carbocycles. The summed E-state index contributed by atoms with van der Waals surface area (Å²) in [5, 5.41) is 2.77. The number of hydrogen-bond donors (Lipinski definition) is 1. The topological polar surface area (TPSA) is 71.5 Å². The molecule has 0 aliphatic rings. The van der Waals surface area contributed by atoms with Gasteiger partial charge >= 0.3 is 0 Å². The van der Waals surface area contributed by atoms with Crippen molar-refractivity contribution in [3.63, 3.8) is 0 Å². The van der Waals surface area contributed by atoms with E-state index in [1.165, 1.54) is 0 Å². The summed E-state index contributed by atoms with van der Waals surface area (Å²) in [4.78, 5) is 30.6. The molecule has 128 valence electrons. The number of hydrogen-bond acceptors (Lipinski definition) is 4. The van der Waals surface area contributed by atoms with Gasteiger partial charge < -0.3 is 15.0 Å². The summed E-state index contributed by atoms with van der Waals surface area (Å²) >= 11 is 0. The molecule has 0 unspecified atom stereocenters. The molecule has 0 radical (unpaired) electrons. The lowest BCUT2D eigenvalue weighted by Crippen LogP contribution is -2.33. The first-order valence-corrected chi connectivity index (χ1v) is 8.17. The van der Waals surface area contributed by atoms with Crippen LogP contribution < -0.4 is 5.32 Å². The first-order chi connectivity index (χ1) is 11.1. The van der Waals surface area contributed by atoms with Crippen LogP contribution >= 0.6 is 0 Å². The van der Waals surface area contributed by atoms with Crippen molar-refractivity contribution in [3.05, 3.63) is 29.6 Å². The lowest BCUT2D eigenvalue weighted by atomic mass is 10.2. The molecule has 0 bridgehead atoms. The molecule has 1 N–H and O–H groups in total. The predicted octanol–water partition coefficient (Wildman–Crippen LogP) is 2.11. The Morgan fingerprint density at radius 2 is 1.83 bits per heavy atom. The third kappa shape index (κ3) is 6.36. The fourth-order valence-corrected chi connectivity index (χ4v) is 2.21. The molecule has 0 aliphatic heterocycles. The van der Waals surface area contributed by atoms with E-state index in [9.17, 15) is 9.59 Å². The van der Waals surface area contributed by atoms with Gasteiger partial charge in [0.05, 0.1) is 0 Å². The minimum Gasteiger partial charge on any atom is -0.385 e. The van der Waals surface area contributed by atoms with E-state index >= 15 is 0 Å². The number of nitrogens with zero attached hydrogens (tertiary/aromatic N) is 2. The number of rotatable bonds is 10. The van der Waals surface area contributed by atoms with Crippen LogP contribution in [0.4, 0.5) is 0 Å². The summed E-state index contributed by atoms with van der Waals surface area (Å²) in [6.45, 7) is 6.57. The Bertz CT molecular complexity index is 500. The molecule has 1 heterocycles. The summed E-state index contributed by atoms with van der Waals surface area (Å²) in [6.07, 6.45) is 2.53. The standard InChI is InChI=1S/C17H27N3O3/c1-4-11-20(12-5-2)17(22)15-9-6-8-14(19-15)16(21)18-10-7-13-23-3/h6,8-9H,4-5,7,10-13H2,1-3H3,(H,18,21). The molecule has 0 aliphatic carbocycles. The number of carbonyl (C=O) groups excluding carboxylic acids is 2. The van der Waals surface area contributed by atoms with Crippen LogP contribution in [0.5, 0.6) is 0 Å². The van der Waals surface area contributed by atoms with Crippen LogP contribution in [0, 0.1) is 0 Å². The maximum absolute atomic E-state index is 12.5. The third-order valence-corrected chi connectivity index (χ3v) is 3.29. The second-order valence-corrected chi connectivity index (χ2v) is 5.30. The van der Waals surface area contributed by atoms with Crippen molar-refractivity contribution < 1.29 is 14.3 Å². The summed E-state index contributed by atoms with van der Waals surface area (Å²) in [7, 11) is 1.62. The number of amides is 2. The summed E-state index contributed by atoms with van der Waals surface area (Å²) < 4.78 is 4.94. The number of carbonyl (C=O) groups is 2. The molecule has 1 aromatic heterocycles. The van der Waals surface area contributed by atoms with E-state index < -0.39 is 0 Å². The Morgan fingerprint density at radius 3 is 2.43 bits per heavy atom. The summed E-state index contributed by atoms with van der Waals surface area (Å²) in [6, 6.07) is 4.97. The summed E-state index contributed by atoms with van der Waals surface area (Å²) in [5.41, 5.74) is 0.581. The molecule has 0 spiro atoms. The van der Waals surface area contributed by atoms with Crippen LogP contribution in [0.25, 0.3) is 0 Å². The molecule has 6 heteroatoms. The van der Waals surface area contributed by atoms with Crippen molar-refractivity contribution in [2.75, 3.05) is 33.4 Å². The van der Waals surface area contributed by atoms with E-state index in [0.29, 0.717) is 31.9 Å². The minimum atomic E-state index is -0.270. The largest absolute Gasteiger partial charge is 0.385 e. The molecule has 1 rings (SSSR count). The van der Waals surface area contributed by atoms with Gasteiger partial charge in [-0.1, -0.05) is 19.9 Å². The lowest BCUT2D eigenvalue weighted by molar-refractivity contribution is 0.0749. The van der Waals surface area contributed by atoms with Crippen LogP contribution in [-0.2, 0) is 4.74 Å². The second kappa shape index (κ2) is 10.7. The van der Waals surface area contributed by atoms with Crippen molar-refractivity contribution in [2.45, 2.75) is 33.1 Å². The Hall–Kier alpha value is -1.95. The Balaban J connectivity index is 2.74. The normalized spacial score (nSPS) is 10.4. The minimum absolute atomic E-state index is 0.122. The number of ether oxygens (including phenoxy) is 1. The van der Waals surface area contributed by atoms with Crippen LogP contribution in [0.15, 0.2) is 18.2 Å². The van der Waals surface area contributed by atoms with Gasteiger partial charge in [-0.25, -0.2) is 4.98 Å². The van der Waals surface area contributed by atoms with Crippen molar-refractivity contribution in [3.8, 4) is 0 Å². The Labute approximate surface area is 138 Å². The first-order valence-electron chi connectivity index (χ1n) is 8.17. The van der Waals surface area contributed by atoms with Crippen LogP contribution in [-0.4, -0.2) is 55.0 Å². The molecule has 0 saturated carbocycles. The molecule has 0 saturated heterocycles. The second-order valence-electron chi connectivity index (χ2n) is 5.30. The highest BCUT2D eigenvalue weighted by Gasteiger charge is 2.17. The summed E-state index contributed by atoms with van der Waals surface area (Å²) in [5.74, 6) is -0.393. The van der Waals surface area contributed by atoms with Crippen molar-refractivity contribution in [2.24, 2.45) is 0 Å². The first kappa shape index (κ1) is 19.1. The van der Waals surface area contributed by atoms with Crippen molar-refractivity contribution >= 4 is 11.8 Å². The number of nitrogens with one attached hydrogen (secondary N) is 1. The molecule has 6 nitrogen and oxygen atoms in total. The zero-order valence-electron chi connectivity index (χ0n) is 14.3. The van der Waals surface area contributed by atoms with Crippen LogP contribution in [0.1, 0.15) is 54.1 Å². The quantitative estimate of drug-likeness (QED) is 0.670. The Morgan fingerprint density at radius 1 is 1.17 bits per heavy atom. The Kier molecular flexibility index (Phi) is 8.90. The van der Waals surface area contributed by atoms with E-state index in [-0.39, 0.29) is 17.5 Å². The monoisotopic (exact) mass is 321 g/mol. The molecule has 0 atom stereocenters. The fourth-order valence-electron chi connectivity index (χ4n) is 2.21. The molecular weight excluding hydrogens is 294 g/mol. The van der Waals surface area contributed by atoms with E-state index in [0.717, 1.165) is 19.3 Å².